The molecule has 25 heavy (non-hydrogen) atoms. The number of phenols is 1. The van der Waals surface area contributed by atoms with Gasteiger partial charge in [-0.3, -0.25) is 4.79 Å². The highest BCUT2D eigenvalue weighted by Crippen LogP contribution is 2.29. The van der Waals surface area contributed by atoms with E-state index in [0.717, 1.165) is 17.7 Å². The first-order valence-electron chi connectivity index (χ1n) is 7.75. The highest BCUT2D eigenvalue weighted by atomic mass is 19.4. The molecule has 3 rings (SSSR count). The van der Waals surface area contributed by atoms with Gasteiger partial charge in [0.1, 0.15) is 22.5 Å². The van der Waals surface area contributed by atoms with E-state index < -0.39 is 11.7 Å². The van der Waals surface area contributed by atoms with Crippen LogP contribution in [0.2, 0.25) is 0 Å². The van der Waals surface area contributed by atoms with Crippen molar-refractivity contribution in [3.8, 4) is 5.75 Å². The van der Waals surface area contributed by atoms with Crippen molar-refractivity contribution >= 4 is 11.0 Å². The molecule has 2 aromatic carbocycles. The summed E-state index contributed by atoms with van der Waals surface area (Å²) in [4.78, 5) is 12.1. The molecule has 0 aliphatic carbocycles. The first kappa shape index (κ1) is 17.1. The lowest BCUT2D eigenvalue weighted by atomic mass is 10.0. The number of rotatable bonds is 4. The lowest BCUT2D eigenvalue weighted by Crippen LogP contribution is -2.04. The second-order valence-electron chi connectivity index (χ2n) is 5.78. The summed E-state index contributed by atoms with van der Waals surface area (Å²) < 4.78 is 43.2. The molecule has 3 nitrogen and oxygen atoms in total. The van der Waals surface area contributed by atoms with E-state index in [1.165, 1.54) is 24.3 Å². The van der Waals surface area contributed by atoms with Gasteiger partial charge in [-0.25, -0.2) is 0 Å². The van der Waals surface area contributed by atoms with Crippen molar-refractivity contribution in [2.24, 2.45) is 0 Å². The molecule has 0 spiro atoms. The molecule has 3 aromatic rings. The number of halogens is 3. The van der Waals surface area contributed by atoms with E-state index in [2.05, 4.69) is 0 Å². The Kier molecular flexibility index (Phi) is 4.53. The van der Waals surface area contributed by atoms with E-state index in [-0.39, 0.29) is 16.6 Å². The highest BCUT2D eigenvalue weighted by molar-refractivity contribution is 5.82. The average molecular weight is 348 g/mol. The third kappa shape index (κ3) is 3.84. The van der Waals surface area contributed by atoms with E-state index in [9.17, 15) is 23.1 Å². The van der Waals surface area contributed by atoms with Crippen LogP contribution in [0.25, 0.3) is 11.0 Å². The van der Waals surface area contributed by atoms with Gasteiger partial charge in [0.25, 0.3) is 0 Å². The second kappa shape index (κ2) is 6.63. The number of hydrogen-bond donors (Lipinski definition) is 1. The van der Waals surface area contributed by atoms with Crippen molar-refractivity contribution in [2.45, 2.75) is 25.4 Å². The van der Waals surface area contributed by atoms with E-state index >= 15 is 0 Å². The first-order chi connectivity index (χ1) is 11.8. The van der Waals surface area contributed by atoms with Gasteiger partial charge in [-0.05, 0) is 42.7 Å². The van der Waals surface area contributed by atoms with Crippen LogP contribution in [-0.2, 0) is 19.0 Å². The molecule has 1 heterocycles. The maximum absolute atomic E-state index is 12.5. The van der Waals surface area contributed by atoms with Crippen LogP contribution < -0.4 is 5.43 Å². The molecule has 0 amide bonds. The van der Waals surface area contributed by atoms with Gasteiger partial charge < -0.3 is 9.52 Å². The molecule has 130 valence electrons. The van der Waals surface area contributed by atoms with E-state index in [4.69, 9.17) is 4.42 Å². The van der Waals surface area contributed by atoms with Gasteiger partial charge in [-0.15, -0.1) is 0 Å². The molecule has 0 saturated heterocycles. The molecule has 1 aromatic heterocycles. The Morgan fingerprint density at radius 3 is 2.40 bits per heavy atom. The second-order valence-corrected chi connectivity index (χ2v) is 5.78. The maximum atomic E-state index is 12.5. The quantitative estimate of drug-likeness (QED) is 0.744. The Hall–Kier alpha value is -2.76. The zero-order valence-corrected chi connectivity index (χ0v) is 13.1. The van der Waals surface area contributed by atoms with Crippen molar-refractivity contribution in [3.63, 3.8) is 0 Å². The van der Waals surface area contributed by atoms with E-state index in [0.29, 0.717) is 30.6 Å². The summed E-state index contributed by atoms with van der Waals surface area (Å²) in [6.07, 6.45) is -2.67. The summed E-state index contributed by atoms with van der Waals surface area (Å²) in [5.74, 6) is 0.359. The van der Waals surface area contributed by atoms with Crippen molar-refractivity contribution in [2.75, 3.05) is 0 Å². The molecule has 0 radical (unpaired) electrons. The normalized spacial score (nSPS) is 11.8. The monoisotopic (exact) mass is 348 g/mol. The standard InChI is InChI=1S/C19H15F3O3/c20-19(21,22)13-9-7-12(8-10-13)3-1-4-14-11-16(24)18-15(23)5-2-6-17(18)25-14/h2,5-11,23H,1,3-4H2. The van der Waals surface area contributed by atoms with Gasteiger partial charge in [-0.1, -0.05) is 18.2 Å². The minimum absolute atomic E-state index is 0.123. The number of aryl methyl sites for hydroxylation is 2. The number of alkyl halides is 3. The van der Waals surface area contributed by atoms with E-state index in [1.54, 1.807) is 12.1 Å². The summed E-state index contributed by atoms with van der Waals surface area (Å²) >= 11 is 0. The lowest BCUT2D eigenvalue weighted by Gasteiger charge is -2.08. The minimum Gasteiger partial charge on any atom is -0.507 e. The molecule has 6 heteroatoms. The molecule has 0 atom stereocenters. The number of phenolic OH excluding ortho intramolecular Hbond substituents is 1. The van der Waals surface area contributed by atoms with Crippen LogP contribution in [0.5, 0.6) is 5.75 Å². The molecule has 0 aliphatic rings. The van der Waals surface area contributed by atoms with Crippen LogP contribution in [0.15, 0.2) is 57.7 Å². The lowest BCUT2D eigenvalue weighted by molar-refractivity contribution is -0.137. The molecule has 0 aliphatic heterocycles. The smallest absolute Gasteiger partial charge is 0.416 e. The Morgan fingerprint density at radius 2 is 1.72 bits per heavy atom. The largest absolute Gasteiger partial charge is 0.507 e. The van der Waals surface area contributed by atoms with Crippen LogP contribution in [0.1, 0.15) is 23.3 Å². The number of fused-ring (bicyclic) bond motifs is 1. The van der Waals surface area contributed by atoms with Gasteiger partial charge in [0, 0.05) is 12.5 Å². The maximum Gasteiger partial charge on any atom is 0.416 e. The number of aromatic hydroxyl groups is 1. The Balaban J connectivity index is 1.68. The van der Waals surface area contributed by atoms with Gasteiger partial charge >= 0.3 is 6.18 Å². The van der Waals surface area contributed by atoms with Crippen LogP contribution in [-0.4, -0.2) is 5.11 Å². The SMILES string of the molecule is O=c1cc(CCCc2ccc(C(F)(F)F)cc2)oc2cccc(O)c12. The highest BCUT2D eigenvalue weighted by Gasteiger charge is 2.29. The van der Waals surface area contributed by atoms with Crippen LogP contribution in [0.4, 0.5) is 13.2 Å². The van der Waals surface area contributed by atoms with Gasteiger partial charge in [0.05, 0.1) is 5.56 Å². The first-order valence-corrected chi connectivity index (χ1v) is 7.75. The summed E-state index contributed by atoms with van der Waals surface area (Å²) in [6, 6.07) is 11.0. The number of hydrogen-bond acceptors (Lipinski definition) is 3. The fourth-order valence-corrected chi connectivity index (χ4v) is 2.69. The summed E-state index contributed by atoms with van der Waals surface area (Å²) in [5, 5.41) is 9.85. The molecular weight excluding hydrogens is 333 g/mol. The van der Waals surface area contributed by atoms with E-state index in [1.807, 2.05) is 0 Å². The predicted octanol–water partition coefficient (Wildman–Crippen LogP) is 4.69. The molecule has 1 N–H and O–H groups in total. The molecule has 0 fully saturated rings. The van der Waals surface area contributed by atoms with Gasteiger partial charge in [0.15, 0.2) is 5.43 Å². The minimum atomic E-state index is -4.33. The molecule has 0 unspecified atom stereocenters. The van der Waals surface area contributed by atoms with Crippen molar-refractivity contribution in [3.05, 3.63) is 75.6 Å². The van der Waals surface area contributed by atoms with Gasteiger partial charge in [-0.2, -0.15) is 13.2 Å². The third-order valence-electron chi connectivity index (χ3n) is 3.95. The van der Waals surface area contributed by atoms with Crippen molar-refractivity contribution in [1.82, 2.24) is 0 Å². The summed E-state index contributed by atoms with van der Waals surface area (Å²) in [6.45, 7) is 0. The Morgan fingerprint density at radius 1 is 1.00 bits per heavy atom. The van der Waals surface area contributed by atoms with Crippen molar-refractivity contribution in [1.29, 1.82) is 0 Å². The summed E-state index contributed by atoms with van der Waals surface area (Å²) in [7, 11) is 0. The topological polar surface area (TPSA) is 50.4 Å². The zero-order valence-electron chi connectivity index (χ0n) is 13.1. The van der Waals surface area contributed by atoms with Crippen molar-refractivity contribution < 1.29 is 22.7 Å². The average Bonchev–Trinajstić information content (AvgIpc) is 2.54. The fraction of sp³-hybridized carbons (Fsp3) is 0.211. The number of benzene rings is 2. The van der Waals surface area contributed by atoms with Gasteiger partial charge in [0.2, 0.25) is 0 Å². The Labute approximate surface area is 141 Å². The molecule has 0 bridgehead atoms. The molecular formula is C19H15F3O3. The van der Waals surface area contributed by atoms with Crippen LogP contribution in [0.3, 0.4) is 0 Å². The fourth-order valence-electron chi connectivity index (χ4n) is 2.69. The zero-order chi connectivity index (χ0) is 18.0. The third-order valence-corrected chi connectivity index (χ3v) is 3.95. The molecule has 0 saturated carbocycles. The Bertz CT molecular complexity index is 941. The van der Waals surface area contributed by atoms with Crippen LogP contribution >= 0.6 is 0 Å². The predicted molar refractivity (Wildman–Crippen MR) is 87.6 cm³/mol. The summed E-state index contributed by atoms with van der Waals surface area (Å²) in [5.41, 5.74) is 0.117. The van der Waals surface area contributed by atoms with Crippen LogP contribution in [0, 0.1) is 0 Å².